The Labute approximate surface area is 109 Å². The summed E-state index contributed by atoms with van der Waals surface area (Å²) in [6.45, 7) is 0. The topological polar surface area (TPSA) is 67.4 Å². The number of halogens is 1. The highest BCUT2D eigenvalue weighted by atomic mass is 35.5. The van der Waals surface area contributed by atoms with Gasteiger partial charge in [0.1, 0.15) is 11.8 Å². The average molecular weight is 269 g/mol. The van der Waals surface area contributed by atoms with Crippen LogP contribution < -0.4 is 15.4 Å². The zero-order valence-electron chi connectivity index (χ0n) is 9.83. The predicted octanol–water partition coefficient (Wildman–Crippen LogP) is 1.57. The lowest BCUT2D eigenvalue weighted by atomic mass is 10.1. The van der Waals surface area contributed by atoms with Crippen LogP contribution in [0.5, 0.6) is 5.75 Å². The summed E-state index contributed by atoms with van der Waals surface area (Å²) in [5.74, 6) is 0.0107. The zero-order valence-corrected chi connectivity index (χ0v) is 10.6. The Morgan fingerprint density at radius 2 is 2.22 bits per heavy atom. The number of amides is 2. The monoisotopic (exact) mass is 268 g/mol. The molecule has 1 aromatic rings. The molecule has 0 aliphatic carbocycles. The molecule has 0 spiro atoms. The molecule has 1 saturated heterocycles. The first kappa shape index (κ1) is 12.7. The standard InChI is InChI=1S/C12H13ClN2O3/c1-18-10-6-7(13)2-3-8(10)14-9-4-5-11(16)15-12(9)17/h2-3,6,9,14H,4-5H2,1H3,(H,15,16,17). The van der Waals surface area contributed by atoms with E-state index in [0.717, 1.165) is 0 Å². The number of carbonyl (C=O) groups excluding carboxylic acids is 2. The van der Waals surface area contributed by atoms with E-state index in [2.05, 4.69) is 10.6 Å². The van der Waals surface area contributed by atoms with Gasteiger partial charge in [0, 0.05) is 17.5 Å². The number of piperidine rings is 1. The van der Waals surface area contributed by atoms with Gasteiger partial charge in [0.25, 0.3) is 0 Å². The van der Waals surface area contributed by atoms with E-state index in [1.54, 1.807) is 18.2 Å². The van der Waals surface area contributed by atoms with E-state index >= 15 is 0 Å². The summed E-state index contributed by atoms with van der Waals surface area (Å²) in [5.41, 5.74) is 0.677. The fraction of sp³-hybridized carbons (Fsp3) is 0.333. The van der Waals surface area contributed by atoms with E-state index in [1.807, 2.05) is 0 Å². The average Bonchev–Trinajstić information content (AvgIpc) is 2.34. The molecule has 1 aliphatic rings. The van der Waals surface area contributed by atoms with Gasteiger partial charge in [-0.15, -0.1) is 0 Å². The Hall–Kier alpha value is -1.75. The second-order valence-electron chi connectivity index (χ2n) is 3.99. The molecular weight excluding hydrogens is 256 g/mol. The molecule has 96 valence electrons. The van der Waals surface area contributed by atoms with Crippen LogP contribution in [0.2, 0.25) is 5.02 Å². The Morgan fingerprint density at radius 1 is 1.44 bits per heavy atom. The van der Waals surface area contributed by atoms with E-state index < -0.39 is 6.04 Å². The zero-order chi connectivity index (χ0) is 13.1. The molecule has 6 heteroatoms. The summed E-state index contributed by atoms with van der Waals surface area (Å²) in [4.78, 5) is 22.7. The smallest absolute Gasteiger partial charge is 0.249 e. The van der Waals surface area contributed by atoms with Gasteiger partial charge in [0.15, 0.2) is 0 Å². The van der Waals surface area contributed by atoms with Gasteiger partial charge in [-0.2, -0.15) is 0 Å². The van der Waals surface area contributed by atoms with Crippen molar-refractivity contribution in [3.63, 3.8) is 0 Å². The molecule has 1 aliphatic heterocycles. The number of hydrogen-bond donors (Lipinski definition) is 2. The van der Waals surface area contributed by atoms with Crippen molar-refractivity contribution in [3.8, 4) is 5.75 Å². The molecule has 18 heavy (non-hydrogen) atoms. The predicted molar refractivity (Wildman–Crippen MR) is 67.8 cm³/mol. The van der Waals surface area contributed by atoms with Crippen LogP contribution in [0.25, 0.3) is 0 Å². The van der Waals surface area contributed by atoms with Crippen LogP contribution in [0.15, 0.2) is 18.2 Å². The van der Waals surface area contributed by atoms with Crippen LogP contribution in [0.3, 0.4) is 0 Å². The molecule has 1 unspecified atom stereocenters. The summed E-state index contributed by atoms with van der Waals surface area (Å²) in [6.07, 6.45) is 0.801. The maximum absolute atomic E-state index is 11.6. The Bertz CT molecular complexity index is 490. The molecule has 0 radical (unpaired) electrons. The van der Waals surface area contributed by atoms with Crippen molar-refractivity contribution in [2.75, 3.05) is 12.4 Å². The first-order valence-corrected chi connectivity index (χ1v) is 5.91. The minimum Gasteiger partial charge on any atom is -0.495 e. The lowest BCUT2D eigenvalue weighted by Gasteiger charge is -2.23. The highest BCUT2D eigenvalue weighted by Crippen LogP contribution is 2.29. The van der Waals surface area contributed by atoms with Crippen molar-refractivity contribution in [1.29, 1.82) is 0 Å². The van der Waals surface area contributed by atoms with Gasteiger partial charge >= 0.3 is 0 Å². The number of carbonyl (C=O) groups is 2. The summed E-state index contributed by atoms with van der Waals surface area (Å²) >= 11 is 5.85. The summed E-state index contributed by atoms with van der Waals surface area (Å²) in [5, 5.41) is 5.90. The van der Waals surface area contributed by atoms with Gasteiger partial charge in [-0.25, -0.2) is 0 Å². The summed E-state index contributed by atoms with van der Waals surface area (Å²) in [6, 6.07) is 4.68. The third kappa shape index (κ3) is 2.73. The van der Waals surface area contributed by atoms with Crippen molar-refractivity contribution >= 4 is 29.1 Å². The third-order valence-corrected chi connectivity index (χ3v) is 2.97. The number of hydrogen-bond acceptors (Lipinski definition) is 4. The van der Waals surface area contributed by atoms with Gasteiger partial charge in [-0.1, -0.05) is 11.6 Å². The van der Waals surface area contributed by atoms with Crippen LogP contribution in [0.1, 0.15) is 12.8 Å². The van der Waals surface area contributed by atoms with Gasteiger partial charge < -0.3 is 10.1 Å². The quantitative estimate of drug-likeness (QED) is 0.817. The van der Waals surface area contributed by atoms with Gasteiger partial charge in [-0.05, 0) is 18.6 Å². The number of ether oxygens (including phenoxy) is 1. The summed E-state index contributed by atoms with van der Waals surface area (Å²) < 4.78 is 5.18. The van der Waals surface area contributed by atoms with E-state index in [4.69, 9.17) is 16.3 Å². The molecule has 2 amide bonds. The number of imide groups is 1. The van der Waals surface area contributed by atoms with E-state index in [0.29, 0.717) is 29.3 Å². The molecule has 0 saturated carbocycles. The molecule has 2 rings (SSSR count). The van der Waals surface area contributed by atoms with Crippen molar-refractivity contribution in [3.05, 3.63) is 23.2 Å². The highest BCUT2D eigenvalue weighted by molar-refractivity contribution is 6.30. The highest BCUT2D eigenvalue weighted by Gasteiger charge is 2.26. The van der Waals surface area contributed by atoms with E-state index in [-0.39, 0.29) is 11.8 Å². The molecule has 1 aromatic carbocycles. The second kappa shape index (κ2) is 5.27. The largest absolute Gasteiger partial charge is 0.495 e. The maximum atomic E-state index is 11.6. The molecule has 2 N–H and O–H groups in total. The minimum atomic E-state index is -0.433. The number of rotatable bonds is 3. The number of nitrogens with one attached hydrogen (secondary N) is 2. The van der Waals surface area contributed by atoms with Crippen LogP contribution >= 0.6 is 11.6 Å². The first-order chi connectivity index (χ1) is 8.60. The first-order valence-electron chi connectivity index (χ1n) is 5.54. The van der Waals surface area contributed by atoms with Crippen LogP contribution in [0, 0.1) is 0 Å². The van der Waals surface area contributed by atoms with Crippen molar-refractivity contribution in [2.24, 2.45) is 0 Å². The van der Waals surface area contributed by atoms with E-state index in [1.165, 1.54) is 7.11 Å². The Kier molecular flexibility index (Phi) is 3.72. The number of benzene rings is 1. The van der Waals surface area contributed by atoms with Gasteiger partial charge in [0.2, 0.25) is 11.8 Å². The van der Waals surface area contributed by atoms with Crippen molar-refractivity contribution < 1.29 is 14.3 Å². The molecule has 1 heterocycles. The fourth-order valence-corrected chi connectivity index (χ4v) is 1.97. The number of methoxy groups -OCH3 is 1. The minimum absolute atomic E-state index is 0.235. The molecule has 0 bridgehead atoms. The van der Waals surface area contributed by atoms with Gasteiger partial charge in [-0.3, -0.25) is 14.9 Å². The maximum Gasteiger partial charge on any atom is 0.249 e. The fourth-order valence-electron chi connectivity index (χ4n) is 1.80. The second-order valence-corrected chi connectivity index (χ2v) is 4.43. The van der Waals surface area contributed by atoms with Gasteiger partial charge in [0.05, 0.1) is 12.8 Å². The van der Waals surface area contributed by atoms with Crippen molar-refractivity contribution in [2.45, 2.75) is 18.9 Å². The van der Waals surface area contributed by atoms with Crippen molar-refractivity contribution in [1.82, 2.24) is 5.32 Å². The number of anilines is 1. The van der Waals surface area contributed by atoms with Crippen LogP contribution in [-0.2, 0) is 9.59 Å². The Balaban J connectivity index is 2.14. The Morgan fingerprint density at radius 3 is 2.89 bits per heavy atom. The third-order valence-electron chi connectivity index (χ3n) is 2.73. The summed E-state index contributed by atoms with van der Waals surface area (Å²) in [7, 11) is 1.53. The SMILES string of the molecule is COc1cc(Cl)ccc1NC1CCC(=O)NC1=O. The lowest BCUT2D eigenvalue weighted by Crippen LogP contribution is -2.47. The molecule has 0 aromatic heterocycles. The molecular formula is C12H13ClN2O3. The van der Waals surface area contributed by atoms with Crippen LogP contribution in [0.4, 0.5) is 5.69 Å². The van der Waals surface area contributed by atoms with Crippen LogP contribution in [-0.4, -0.2) is 25.0 Å². The molecule has 1 atom stereocenters. The normalized spacial score (nSPS) is 19.3. The molecule has 5 nitrogen and oxygen atoms in total. The van der Waals surface area contributed by atoms with E-state index in [9.17, 15) is 9.59 Å². The molecule has 1 fully saturated rings. The lowest BCUT2D eigenvalue weighted by molar-refractivity contribution is -0.133.